The predicted molar refractivity (Wildman–Crippen MR) is 119 cm³/mol. The van der Waals surface area contributed by atoms with Crippen molar-refractivity contribution in [1.82, 2.24) is 19.8 Å². The van der Waals surface area contributed by atoms with Crippen LogP contribution < -0.4 is 5.32 Å². The van der Waals surface area contributed by atoms with Crippen LogP contribution in [0.25, 0.3) is 5.57 Å². The molecule has 0 unspecified atom stereocenters. The lowest BCUT2D eigenvalue weighted by molar-refractivity contribution is 0.440. The lowest BCUT2D eigenvalue weighted by atomic mass is 10.00. The molecule has 5 nitrogen and oxygen atoms in total. The third kappa shape index (κ3) is 4.93. The van der Waals surface area contributed by atoms with Gasteiger partial charge >= 0.3 is 0 Å². The summed E-state index contributed by atoms with van der Waals surface area (Å²) in [5, 5.41) is 3.51. The lowest BCUT2D eigenvalue weighted by Gasteiger charge is -2.29. The average Bonchev–Trinajstić information content (AvgIpc) is 3.29. The molecule has 0 atom stereocenters. The molecule has 0 amide bonds. The number of rotatable bonds is 5. The van der Waals surface area contributed by atoms with Crippen molar-refractivity contribution in [2.75, 3.05) is 20.1 Å². The van der Waals surface area contributed by atoms with Crippen LogP contribution in [0.15, 0.2) is 84.4 Å². The van der Waals surface area contributed by atoms with Crippen LogP contribution in [0, 0.1) is 0 Å². The van der Waals surface area contributed by atoms with Crippen molar-refractivity contribution < 1.29 is 0 Å². The molecule has 1 aliphatic heterocycles. The zero-order valence-corrected chi connectivity index (χ0v) is 16.8. The Labute approximate surface area is 172 Å². The number of guanidine groups is 1. The second-order valence-electron chi connectivity index (χ2n) is 7.24. The maximum Gasteiger partial charge on any atom is 0.194 e. The van der Waals surface area contributed by atoms with Gasteiger partial charge < -0.3 is 14.8 Å². The van der Waals surface area contributed by atoms with Crippen LogP contribution in [-0.4, -0.2) is 40.5 Å². The smallest absolute Gasteiger partial charge is 0.194 e. The van der Waals surface area contributed by atoms with Crippen molar-refractivity contribution in [2.45, 2.75) is 19.5 Å². The van der Waals surface area contributed by atoms with Gasteiger partial charge in [-0.3, -0.25) is 4.99 Å². The molecule has 0 aliphatic carbocycles. The Kier molecular flexibility index (Phi) is 6.05. The number of aromatic nitrogens is 2. The first kappa shape index (κ1) is 19.0. The van der Waals surface area contributed by atoms with Gasteiger partial charge in [0, 0.05) is 45.6 Å². The molecule has 0 radical (unpaired) electrons. The molecule has 0 bridgehead atoms. The number of aliphatic imine (C=N–C) groups is 1. The predicted octanol–water partition coefficient (Wildman–Crippen LogP) is 3.80. The molecule has 0 spiro atoms. The fraction of sp³-hybridized carbons (Fsp3) is 0.250. The highest BCUT2D eigenvalue weighted by molar-refractivity contribution is 5.81. The summed E-state index contributed by atoms with van der Waals surface area (Å²) >= 11 is 0. The van der Waals surface area contributed by atoms with Crippen molar-refractivity contribution in [1.29, 1.82) is 0 Å². The summed E-state index contributed by atoms with van der Waals surface area (Å²) in [6.07, 6.45) is 8.98. The zero-order valence-electron chi connectivity index (χ0n) is 16.8. The topological polar surface area (TPSA) is 45.5 Å². The molecule has 2 heterocycles. The summed E-state index contributed by atoms with van der Waals surface area (Å²) in [5.74, 6) is 0.954. The molecule has 0 saturated carbocycles. The SMILES string of the molecule is CN=C(NCc1ccc(Cn2ccnc2)cc1)N1CC=C(c2ccccc2)CC1. The standard InChI is InChI=1S/C24H27N5/c1-25-24(29-14-11-23(12-15-29)22-5-3-2-4-6-22)27-17-20-7-9-21(10-8-20)18-28-16-13-26-19-28/h2-11,13,16,19H,12,14-15,17-18H2,1H3,(H,25,27). The van der Waals surface area contributed by atoms with Crippen LogP contribution in [0.4, 0.5) is 0 Å². The Balaban J connectivity index is 1.31. The molecule has 1 aliphatic rings. The third-order valence-electron chi connectivity index (χ3n) is 5.26. The highest BCUT2D eigenvalue weighted by atomic mass is 15.3. The van der Waals surface area contributed by atoms with Gasteiger partial charge in [-0.2, -0.15) is 0 Å². The van der Waals surface area contributed by atoms with Crippen LogP contribution in [-0.2, 0) is 13.1 Å². The van der Waals surface area contributed by atoms with E-state index < -0.39 is 0 Å². The molecule has 0 saturated heterocycles. The minimum Gasteiger partial charge on any atom is -0.352 e. The number of nitrogens with one attached hydrogen (secondary N) is 1. The maximum atomic E-state index is 4.48. The molecule has 5 heteroatoms. The van der Waals surface area contributed by atoms with E-state index in [1.165, 1.54) is 22.3 Å². The Bertz CT molecular complexity index is 956. The van der Waals surface area contributed by atoms with Crippen LogP contribution in [0.3, 0.4) is 0 Å². The quantitative estimate of drug-likeness (QED) is 0.537. The van der Waals surface area contributed by atoms with E-state index in [4.69, 9.17) is 0 Å². The van der Waals surface area contributed by atoms with Gasteiger partial charge in [-0.25, -0.2) is 4.98 Å². The number of imidazole rings is 1. The van der Waals surface area contributed by atoms with Crippen molar-refractivity contribution in [3.05, 3.63) is 96.1 Å². The Morgan fingerprint density at radius 1 is 1.07 bits per heavy atom. The Morgan fingerprint density at radius 2 is 1.86 bits per heavy atom. The summed E-state index contributed by atoms with van der Waals surface area (Å²) < 4.78 is 2.07. The molecule has 1 aromatic heterocycles. The van der Waals surface area contributed by atoms with E-state index >= 15 is 0 Å². The number of hydrogen-bond acceptors (Lipinski definition) is 2. The van der Waals surface area contributed by atoms with Crippen molar-refractivity contribution >= 4 is 11.5 Å². The first-order chi connectivity index (χ1) is 14.3. The van der Waals surface area contributed by atoms with Crippen molar-refractivity contribution in [3.63, 3.8) is 0 Å². The Morgan fingerprint density at radius 3 is 2.52 bits per heavy atom. The number of benzene rings is 2. The van der Waals surface area contributed by atoms with Crippen LogP contribution in [0.5, 0.6) is 0 Å². The van der Waals surface area contributed by atoms with Crippen LogP contribution in [0.1, 0.15) is 23.1 Å². The Hall–Kier alpha value is -3.34. The normalized spacial score (nSPS) is 14.6. The van der Waals surface area contributed by atoms with Gasteiger partial charge in [-0.15, -0.1) is 0 Å². The van der Waals surface area contributed by atoms with E-state index in [2.05, 4.69) is 85.4 Å². The second kappa shape index (κ2) is 9.24. The fourth-order valence-corrected chi connectivity index (χ4v) is 3.64. The minimum absolute atomic E-state index is 0.768. The first-order valence-electron chi connectivity index (χ1n) is 10.1. The molecular formula is C24H27N5. The summed E-state index contributed by atoms with van der Waals surface area (Å²) in [5.41, 5.74) is 5.26. The molecule has 0 fully saturated rings. The van der Waals surface area contributed by atoms with Gasteiger partial charge in [0.25, 0.3) is 0 Å². The van der Waals surface area contributed by atoms with E-state index in [0.717, 1.165) is 38.6 Å². The van der Waals surface area contributed by atoms with E-state index in [1.807, 2.05) is 25.8 Å². The average molecular weight is 386 g/mol. The molecule has 1 N–H and O–H groups in total. The fourth-order valence-electron chi connectivity index (χ4n) is 3.64. The lowest BCUT2D eigenvalue weighted by Crippen LogP contribution is -2.43. The van der Waals surface area contributed by atoms with E-state index in [1.54, 1.807) is 0 Å². The van der Waals surface area contributed by atoms with Gasteiger partial charge in [-0.1, -0.05) is 60.7 Å². The van der Waals surface area contributed by atoms with Crippen molar-refractivity contribution in [3.8, 4) is 0 Å². The zero-order chi connectivity index (χ0) is 19.9. The van der Waals surface area contributed by atoms with Crippen molar-refractivity contribution in [2.24, 2.45) is 4.99 Å². The summed E-state index contributed by atoms with van der Waals surface area (Å²) in [7, 11) is 1.85. The molecule has 148 valence electrons. The van der Waals surface area contributed by atoms with Gasteiger partial charge in [-0.05, 0) is 28.7 Å². The van der Waals surface area contributed by atoms with E-state index in [9.17, 15) is 0 Å². The van der Waals surface area contributed by atoms with Gasteiger partial charge in [0.05, 0.1) is 6.33 Å². The van der Waals surface area contributed by atoms with Gasteiger partial charge in [0.1, 0.15) is 0 Å². The third-order valence-corrected chi connectivity index (χ3v) is 5.26. The first-order valence-corrected chi connectivity index (χ1v) is 10.1. The van der Waals surface area contributed by atoms with E-state index in [-0.39, 0.29) is 0 Å². The molecular weight excluding hydrogens is 358 g/mol. The second-order valence-corrected chi connectivity index (χ2v) is 7.24. The molecule has 4 rings (SSSR count). The number of hydrogen-bond donors (Lipinski definition) is 1. The minimum atomic E-state index is 0.768. The highest BCUT2D eigenvalue weighted by Crippen LogP contribution is 2.22. The largest absolute Gasteiger partial charge is 0.352 e. The van der Waals surface area contributed by atoms with Gasteiger partial charge in [0.2, 0.25) is 0 Å². The van der Waals surface area contributed by atoms with Crippen LogP contribution >= 0.6 is 0 Å². The highest BCUT2D eigenvalue weighted by Gasteiger charge is 2.16. The number of nitrogens with zero attached hydrogens (tertiary/aromatic N) is 4. The summed E-state index contributed by atoms with van der Waals surface area (Å²) in [6.45, 7) is 3.47. The summed E-state index contributed by atoms with van der Waals surface area (Å²) in [6, 6.07) is 19.3. The van der Waals surface area contributed by atoms with Crippen LogP contribution in [0.2, 0.25) is 0 Å². The molecule has 3 aromatic rings. The summed E-state index contributed by atoms with van der Waals surface area (Å²) in [4.78, 5) is 10.9. The monoisotopic (exact) mass is 385 g/mol. The molecule has 29 heavy (non-hydrogen) atoms. The maximum absolute atomic E-state index is 4.48. The van der Waals surface area contributed by atoms with Gasteiger partial charge in [0.15, 0.2) is 5.96 Å². The molecule has 2 aromatic carbocycles. The van der Waals surface area contributed by atoms with E-state index in [0.29, 0.717) is 0 Å².